The highest BCUT2D eigenvalue weighted by Crippen LogP contribution is 2.16. The van der Waals surface area contributed by atoms with Gasteiger partial charge in [-0.15, -0.1) is 12.4 Å². The zero-order chi connectivity index (χ0) is 13.7. The van der Waals surface area contributed by atoms with Crippen LogP contribution in [0.25, 0.3) is 0 Å². The van der Waals surface area contributed by atoms with Gasteiger partial charge in [0.05, 0.1) is 6.04 Å². The van der Waals surface area contributed by atoms with E-state index in [0.29, 0.717) is 17.7 Å². The second-order valence-electron chi connectivity index (χ2n) is 4.03. The lowest BCUT2D eigenvalue weighted by atomic mass is 10.1. The molecule has 0 aromatic heterocycles. The number of carboxylic acid groups (broad SMARTS) is 1. The van der Waals surface area contributed by atoms with Crippen LogP contribution < -0.4 is 10.5 Å². The molecule has 0 aliphatic heterocycles. The SMILES string of the molecule is CCC(Oc1ccc(C(=O)C(C)N)cc1)C(=O)O.Cl. The van der Waals surface area contributed by atoms with Crippen LogP contribution in [0.3, 0.4) is 0 Å². The molecule has 0 radical (unpaired) electrons. The highest BCUT2D eigenvalue weighted by molar-refractivity contribution is 5.99. The van der Waals surface area contributed by atoms with Crippen molar-refractivity contribution < 1.29 is 19.4 Å². The Morgan fingerprint density at radius 1 is 1.32 bits per heavy atom. The molecular formula is C13H18ClNO4. The molecule has 0 fully saturated rings. The van der Waals surface area contributed by atoms with Gasteiger partial charge in [-0.1, -0.05) is 6.92 Å². The highest BCUT2D eigenvalue weighted by atomic mass is 35.5. The first kappa shape index (κ1) is 17.4. The highest BCUT2D eigenvalue weighted by Gasteiger charge is 2.17. The molecule has 1 aromatic rings. The average molecular weight is 288 g/mol. The molecule has 3 N–H and O–H groups in total. The van der Waals surface area contributed by atoms with Gasteiger partial charge in [-0.2, -0.15) is 0 Å². The molecular weight excluding hydrogens is 270 g/mol. The van der Waals surface area contributed by atoms with Gasteiger partial charge in [0.2, 0.25) is 0 Å². The van der Waals surface area contributed by atoms with Gasteiger partial charge in [-0.25, -0.2) is 4.79 Å². The number of hydrogen-bond donors (Lipinski definition) is 2. The molecule has 0 spiro atoms. The number of ether oxygens (including phenoxy) is 1. The zero-order valence-electron chi connectivity index (χ0n) is 10.8. The summed E-state index contributed by atoms with van der Waals surface area (Å²) in [6.07, 6.45) is -0.504. The van der Waals surface area contributed by atoms with Crippen LogP contribution in [0.1, 0.15) is 30.6 Å². The zero-order valence-corrected chi connectivity index (χ0v) is 11.6. The Kier molecular flexibility index (Phi) is 7.11. The maximum Gasteiger partial charge on any atom is 0.344 e. The topological polar surface area (TPSA) is 89.6 Å². The molecule has 0 aliphatic rings. The van der Waals surface area contributed by atoms with Crippen molar-refractivity contribution in [2.24, 2.45) is 5.73 Å². The average Bonchev–Trinajstić information content (AvgIpc) is 2.35. The first-order chi connectivity index (χ1) is 8.45. The number of Topliss-reactive ketones (excluding diaryl/α,β-unsaturated/α-hetero) is 1. The van der Waals surface area contributed by atoms with Gasteiger partial charge in [0.15, 0.2) is 11.9 Å². The van der Waals surface area contributed by atoms with Crippen molar-refractivity contribution in [3.63, 3.8) is 0 Å². The molecule has 1 aromatic carbocycles. The fraction of sp³-hybridized carbons (Fsp3) is 0.385. The Morgan fingerprint density at radius 3 is 2.21 bits per heavy atom. The number of halogens is 1. The molecule has 0 saturated carbocycles. The quantitative estimate of drug-likeness (QED) is 0.780. The second-order valence-corrected chi connectivity index (χ2v) is 4.03. The van der Waals surface area contributed by atoms with Crippen molar-refractivity contribution >= 4 is 24.2 Å². The number of ketones is 1. The van der Waals surface area contributed by atoms with Crippen LogP contribution in [-0.2, 0) is 4.79 Å². The van der Waals surface area contributed by atoms with E-state index in [9.17, 15) is 9.59 Å². The predicted octanol–water partition coefficient (Wildman–Crippen LogP) is 1.88. The van der Waals surface area contributed by atoms with E-state index in [0.717, 1.165) is 0 Å². The van der Waals surface area contributed by atoms with Crippen LogP contribution >= 0.6 is 12.4 Å². The van der Waals surface area contributed by atoms with Crippen molar-refractivity contribution in [2.75, 3.05) is 0 Å². The number of nitrogens with two attached hydrogens (primary N) is 1. The van der Waals surface area contributed by atoms with Crippen LogP contribution in [0.5, 0.6) is 5.75 Å². The third-order valence-corrected chi connectivity index (χ3v) is 2.48. The number of carboxylic acids is 1. The minimum absolute atomic E-state index is 0. The van der Waals surface area contributed by atoms with E-state index in [2.05, 4.69) is 0 Å². The van der Waals surface area contributed by atoms with Crippen molar-refractivity contribution in [3.8, 4) is 5.75 Å². The molecule has 0 bridgehead atoms. The van der Waals surface area contributed by atoms with E-state index in [4.69, 9.17) is 15.6 Å². The van der Waals surface area contributed by atoms with Gasteiger partial charge in [0.1, 0.15) is 5.75 Å². The van der Waals surface area contributed by atoms with Crippen LogP contribution in [0.15, 0.2) is 24.3 Å². The van der Waals surface area contributed by atoms with Gasteiger partial charge in [-0.3, -0.25) is 4.79 Å². The minimum Gasteiger partial charge on any atom is -0.479 e. The molecule has 5 nitrogen and oxygen atoms in total. The summed E-state index contributed by atoms with van der Waals surface area (Å²) in [4.78, 5) is 22.4. The van der Waals surface area contributed by atoms with Crippen LogP contribution in [0.4, 0.5) is 0 Å². The van der Waals surface area contributed by atoms with Crippen LogP contribution in [-0.4, -0.2) is 29.0 Å². The van der Waals surface area contributed by atoms with E-state index < -0.39 is 18.1 Å². The summed E-state index contributed by atoms with van der Waals surface area (Å²) in [5, 5.41) is 8.85. The van der Waals surface area contributed by atoms with Gasteiger partial charge >= 0.3 is 5.97 Å². The van der Waals surface area contributed by atoms with Crippen molar-refractivity contribution in [3.05, 3.63) is 29.8 Å². The van der Waals surface area contributed by atoms with Gasteiger partial charge in [-0.05, 0) is 37.6 Å². The Hall–Kier alpha value is -1.59. The molecule has 6 heteroatoms. The van der Waals surface area contributed by atoms with Crippen molar-refractivity contribution in [1.29, 1.82) is 0 Å². The van der Waals surface area contributed by atoms with E-state index in [-0.39, 0.29) is 18.2 Å². The first-order valence-electron chi connectivity index (χ1n) is 5.75. The third-order valence-electron chi connectivity index (χ3n) is 2.48. The Bertz CT molecular complexity index is 431. The van der Waals surface area contributed by atoms with E-state index >= 15 is 0 Å². The van der Waals surface area contributed by atoms with E-state index in [1.165, 1.54) is 0 Å². The summed E-state index contributed by atoms with van der Waals surface area (Å²) in [6.45, 7) is 3.34. The second kappa shape index (κ2) is 7.76. The molecule has 0 saturated heterocycles. The number of carbonyl (C=O) groups excluding carboxylic acids is 1. The summed E-state index contributed by atoms with van der Waals surface area (Å²) in [7, 11) is 0. The van der Waals surface area contributed by atoms with Crippen molar-refractivity contribution in [2.45, 2.75) is 32.4 Å². The number of carbonyl (C=O) groups is 2. The fourth-order valence-corrected chi connectivity index (χ4v) is 1.43. The summed E-state index contributed by atoms with van der Waals surface area (Å²) in [6, 6.07) is 5.74. The molecule has 2 unspecified atom stereocenters. The minimum atomic E-state index is -1.01. The lowest BCUT2D eigenvalue weighted by Gasteiger charge is -2.13. The smallest absolute Gasteiger partial charge is 0.344 e. The molecule has 1 rings (SSSR count). The molecule has 106 valence electrons. The maximum atomic E-state index is 11.6. The molecule has 0 heterocycles. The number of benzene rings is 1. The number of aliphatic carboxylic acids is 1. The number of hydrogen-bond acceptors (Lipinski definition) is 4. The van der Waals surface area contributed by atoms with E-state index in [1.807, 2.05) is 0 Å². The van der Waals surface area contributed by atoms with Gasteiger partial charge in [0.25, 0.3) is 0 Å². The summed E-state index contributed by atoms with van der Waals surface area (Å²) in [5.74, 6) is -0.745. The number of rotatable bonds is 6. The standard InChI is InChI=1S/C13H17NO4.ClH/c1-3-11(13(16)17)18-10-6-4-9(5-7-10)12(15)8(2)14;/h4-8,11H,3,14H2,1-2H3,(H,16,17);1H. The molecule has 0 aliphatic carbocycles. The largest absolute Gasteiger partial charge is 0.479 e. The Balaban J connectivity index is 0.00000324. The Morgan fingerprint density at radius 2 is 1.84 bits per heavy atom. The van der Waals surface area contributed by atoms with Gasteiger partial charge in [0, 0.05) is 5.56 Å². The third kappa shape index (κ3) is 4.89. The fourth-order valence-electron chi connectivity index (χ4n) is 1.43. The normalized spacial score (nSPS) is 13.0. The lowest BCUT2D eigenvalue weighted by Crippen LogP contribution is -2.27. The monoisotopic (exact) mass is 287 g/mol. The van der Waals surface area contributed by atoms with Crippen molar-refractivity contribution in [1.82, 2.24) is 0 Å². The molecule has 0 amide bonds. The molecule has 19 heavy (non-hydrogen) atoms. The van der Waals surface area contributed by atoms with Crippen LogP contribution in [0, 0.1) is 0 Å². The predicted molar refractivity (Wildman–Crippen MR) is 74.0 cm³/mol. The first-order valence-corrected chi connectivity index (χ1v) is 5.75. The van der Waals surface area contributed by atoms with Crippen LogP contribution in [0.2, 0.25) is 0 Å². The lowest BCUT2D eigenvalue weighted by molar-refractivity contribution is -0.145. The Labute approximate surface area is 118 Å². The van der Waals surface area contributed by atoms with E-state index in [1.54, 1.807) is 38.1 Å². The molecule has 2 atom stereocenters. The summed E-state index contributed by atoms with van der Waals surface area (Å²) in [5.41, 5.74) is 5.98. The van der Waals surface area contributed by atoms with Gasteiger partial charge < -0.3 is 15.6 Å². The summed E-state index contributed by atoms with van der Waals surface area (Å²) < 4.78 is 5.28. The maximum absolute atomic E-state index is 11.6. The summed E-state index contributed by atoms with van der Waals surface area (Å²) >= 11 is 0.